The van der Waals surface area contributed by atoms with Crippen LogP contribution >= 0.6 is 11.8 Å². The highest BCUT2D eigenvalue weighted by atomic mass is 32.2. The molecule has 1 N–H and O–H groups in total. The molecule has 0 spiro atoms. The summed E-state index contributed by atoms with van der Waals surface area (Å²) in [5.74, 6) is 1.87. The maximum atomic E-state index is 8.73. The number of fused-ring (bicyclic) bond motifs is 1. The van der Waals surface area contributed by atoms with Gasteiger partial charge < -0.3 is 5.11 Å². The zero-order valence-corrected chi connectivity index (χ0v) is 11.4. The van der Waals surface area contributed by atoms with Crippen molar-refractivity contribution in [3.05, 3.63) is 30.1 Å². The van der Waals surface area contributed by atoms with E-state index in [1.165, 1.54) is 0 Å². The summed E-state index contributed by atoms with van der Waals surface area (Å²) in [5.41, 5.74) is 1.02. The molecular formula is C14H18N2OS. The molecule has 0 aliphatic heterocycles. The number of aliphatic hydroxyl groups is 1. The second-order valence-electron chi connectivity index (χ2n) is 4.23. The first-order valence-electron chi connectivity index (χ1n) is 6.28. The molecular weight excluding hydrogens is 244 g/mol. The second kappa shape index (κ2) is 6.71. The van der Waals surface area contributed by atoms with E-state index in [0.717, 1.165) is 46.8 Å². The van der Waals surface area contributed by atoms with Crippen LogP contribution in [0.1, 0.15) is 25.1 Å². The lowest BCUT2D eigenvalue weighted by Gasteiger charge is -2.06. The minimum absolute atomic E-state index is 0.292. The first-order chi connectivity index (χ1) is 8.81. The molecule has 0 fully saturated rings. The van der Waals surface area contributed by atoms with Crippen LogP contribution < -0.4 is 0 Å². The molecule has 0 bridgehead atoms. The molecule has 1 heterocycles. The molecule has 0 saturated heterocycles. The fraction of sp³-hybridized carbons (Fsp3) is 0.429. The summed E-state index contributed by atoms with van der Waals surface area (Å²) in [6, 6.07) is 8.13. The largest absolute Gasteiger partial charge is 0.396 e. The molecule has 0 atom stereocenters. The van der Waals surface area contributed by atoms with Crippen LogP contribution in [0.3, 0.4) is 0 Å². The Hall–Kier alpha value is -1.13. The standard InChI is InChI=1S/C14H18N2OS/c1-11-15-13-8-4-3-7-12(13)14(16-11)18-10-6-2-5-9-17/h3-4,7-8,17H,2,5-6,9-10H2,1H3. The van der Waals surface area contributed by atoms with E-state index in [0.29, 0.717) is 6.61 Å². The van der Waals surface area contributed by atoms with Gasteiger partial charge in [-0.15, -0.1) is 11.8 Å². The third-order valence-corrected chi connectivity index (χ3v) is 3.80. The lowest BCUT2D eigenvalue weighted by atomic mass is 10.2. The number of aliphatic hydroxyl groups excluding tert-OH is 1. The lowest BCUT2D eigenvalue weighted by molar-refractivity contribution is 0.284. The molecule has 0 saturated carbocycles. The van der Waals surface area contributed by atoms with Crippen LogP contribution in [0.5, 0.6) is 0 Å². The van der Waals surface area contributed by atoms with E-state index >= 15 is 0 Å². The van der Waals surface area contributed by atoms with E-state index in [9.17, 15) is 0 Å². The molecule has 0 unspecified atom stereocenters. The molecule has 0 radical (unpaired) electrons. The smallest absolute Gasteiger partial charge is 0.127 e. The van der Waals surface area contributed by atoms with E-state index in [2.05, 4.69) is 16.0 Å². The minimum Gasteiger partial charge on any atom is -0.396 e. The average molecular weight is 262 g/mol. The molecule has 4 heteroatoms. The lowest BCUT2D eigenvalue weighted by Crippen LogP contribution is -1.93. The Morgan fingerprint density at radius 2 is 1.94 bits per heavy atom. The Morgan fingerprint density at radius 1 is 1.11 bits per heavy atom. The van der Waals surface area contributed by atoms with Crippen LogP contribution in [0.25, 0.3) is 10.9 Å². The van der Waals surface area contributed by atoms with Gasteiger partial charge in [0, 0.05) is 12.0 Å². The predicted molar refractivity (Wildman–Crippen MR) is 75.9 cm³/mol. The fourth-order valence-corrected chi connectivity index (χ4v) is 2.89. The zero-order valence-electron chi connectivity index (χ0n) is 10.6. The van der Waals surface area contributed by atoms with Crippen LogP contribution in [0, 0.1) is 6.92 Å². The number of benzene rings is 1. The first-order valence-corrected chi connectivity index (χ1v) is 7.27. The normalized spacial score (nSPS) is 11.0. The maximum absolute atomic E-state index is 8.73. The molecule has 0 aliphatic rings. The molecule has 0 aliphatic carbocycles. The topological polar surface area (TPSA) is 46.0 Å². The first kappa shape index (κ1) is 13.3. The Labute approximate surface area is 112 Å². The number of hydrogen-bond donors (Lipinski definition) is 1. The Balaban J connectivity index is 2.07. The summed E-state index contributed by atoms with van der Waals surface area (Å²) < 4.78 is 0. The van der Waals surface area contributed by atoms with Gasteiger partial charge in [0.05, 0.1) is 5.52 Å². The van der Waals surface area contributed by atoms with Crippen LogP contribution in [0.2, 0.25) is 0 Å². The molecule has 96 valence electrons. The van der Waals surface area contributed by atoms with Crippen LogP contribution in [0.15, 0.2) is 29.3 Å². The molecule has 18 heavy (non-hydrogen) atoms. The summed E-state index contributed by atoms with van der Waals surface area (Å²) in [4.78, 5) is 8.96. The van der Waals surface area contributed by atoms with Crippen molar-refractivity contribution in [2.45, 2.75) is 31.2 Å². The van der Waals surface area contributed by atoms with Crippen LogP contribution in [-0.4, -0.2) is 27.4 Å². The van der Waals surface area contributed by atoms with Gasteiger partial charge in [-0.3, -0.25) is 0 Å². The second-order valence-corrected chi connectivity index (χ2v) is 5.31. The summed E-state index contributed by atoms with van der Waals surface area (Å²) in [6.45, 7) is 2.22. The molecule has 3 nitrogen and oxygen atoms in total. The van der Waals surface area contributed by atoms with Crippen molar-refractivity contribution in [2.75, 3.05) is 12.4 Å². The van der Waals surface area contributed by atoms with Crippen molar-refractivity contribution in [1.82, 2.24) is 9.97 Å². The van der Waals surface area contributed by atoms with Gasteiger partial charge in [0.2, 0.25) is 0 Å². The number of unbranched alkanes of at least 4 members (excludes halogenated alkanes) is 2. The third kappa shape index (κ3) is 3.43. The van der Waals surface area contributed by atoms with Gasteiger partial charge in [-0.05, 0) is 31.6 Å². The number of aromatic nitrogens is 2. The van der Waals surface area contributed by atoms with Gasteiger partial charge in [-0.25, -0.2) is 9.97 Å². The van der Waals surface area contributed by atoms with Gasteiger partial charge in [0.1, 0.15) is 10.9 Å². The van der Waals surface area contributed by atoms with Crippen LogP contribution in [0.4, 0.5) is 0 Å². The van der Waals surface area contributed by atoms with Crippen molar-refractivity contribution in [2.24, 2.45) is 0 Å². The number of hydrogen-bond acceptors (Lipinski definition) is 4. The SMILES string of the molecule is Cc1nc(SCCCCCO)c2ccccc2n1. The Morgan fingerprint density at radius 3 is 2.78 bits per heavy atom. The number of aryl methyl sites for hydroxylation is 1. The summed E-state index contributed by atoms with van der Waals surface area (Å²) in [7, 11) is 0. The van der Waals surface area contributed by atoms with Gasteiger partial charge in [0.25, 0.3) is 0 Å². The van der Waals surface area contributed by atoms with Gasteiger partial charge in [-0.1, -0.05) is 24.6 Å². The van der Waals surface area contributed by atoms with Crippen molar-refractivity contribution in [3.8, 4) is 0 Å². The number of rotatable bonds is 6. The average Bonchev–Trinajstić information content (AvgIpc) is 2.38. The highest BCUT2D eigenvalue weighted by molar-refractivity contribution is 7.99. The minimum atomic E-state index is 0.292. The molecule has 0 amide bonds. The fourth-order valence-electron chi connectivity index (χ4n) is 1.83. The van der Waals surface area contributed by atoms with Crippen LogP contribution in [-0.2, 0) is 0 Å². The third-order valence-electron chi connectivity index (χ3n) is 2.72. The maximum Gasteiger partial charge on any atom is 0.127 e. The van der Waals surface area contributed by atoms with Crippen molar-refractivity contribution in [1.29, 1.82) is 0 Å². The Kier molecular flexibility index (Phi) is 4.96. The number of para-hydroxylation sites is 1. The highest BCUT2D eigenvalue weighted by Crippen LogP contribution is 2.25. The zero-order chi connectivity index (χ0) is 12.8. The highest BCUT2D eigenvalue weighted by Gasteiger charge is 2.05. The molecule has 2 rings (SSSR count). The molecule has 1 aromatic carbocycles. The van der Waals surface area contributed by atoms with E-state index in [-0.39, 0.29) is 0 Å². The summed E-state index contributed by atoms with van der Waals surface area (Å²) in [6.07, 6.45) is 3.08. The monoisotopic (exact) mass is 262 g/mol. The summed E-state index contributed by atoms with van der Waals surface area (Å²) >= 11 is 1.78. The number of nitrogens with zero attached hydrogens (tertiary/aromatic N) is 2. The van der Waals surface area contributed by atoms with Gasteiger partial charge in [0.15, 0.2) is 0 Å². The van der Waals surface area contributed by atoms with Gasteiger partial charge >= 0.3 is 0 Å². The summed E-state index contributed by atoms with van der Waals surface area (Å²) in [5, 5.41) is 10.9. The van der Waals surface area contributed by atoms with Crippen molar-refractivity contribution in [3.63, 3.8) is 0 Å². The Bertz CT molecular complexity index is 516. The van der Waals surface area contributed by atoms with Gasteiger partial charge in [-0.2, -0.15) is 0 Å². The molecule has 2 aromatic rings. The van der Waals surface area contributed by atoms with E-state index < -0.39 is 0 Å². The van der Waals surface area contributed by atoms with E-state index in [4.69, 9.17) is 5.11 Å². The van der Waals surface area contributed by atoms with Crippen molar-refractivity contribution >= 4 is 22.7 Å². The van der Waals surface area contributed by atoms with E-state index in [1.54, 1.807) is 11.8 Å². The van der Waals surface area contributed by atoms with E-state index in [1.807, 2.05) is 25.1 Å². The van der Waals surface area contributed by atoms with Crippen molar-refractivity contribution < 1.29 is 5.11 Å². The number of thioether (sulfide) groups is 1. The predicted octanol–water partition coefficient (Wildman–Crippen LogP) is 3.19. The molecule has 1 aromatic heterocycles. The quantitative estimate of drug-likeness (QED) is 0.493.